The molecule has 14 heavy (non-hydrogen) atoms. The van der Waals surface area contributed by atoms with Gasteiger partial charge in [-0.3, -0.25) is 13.8 Å². The first-order chi connectivity index (χ1) is 6.36. The summed E-state index contributed by atoms with van der Waals surface area (Å²) in [4.78, 5) is 10.6. The number of rotatable bonds is 5. The van der Waals surface area contributed by atoms with Crippen LogP contribution in [0.15, 0.2) is 10.8 Å². The van der Waals surface area contributed by atoms with E-state index in [2.05, 4.69) is 9.05 Å². The van der Waals surface area contributed by atoms with Crippen molar-refractivity contribution in [2.24, 2.45) is 5.73 Å². The van der Waals surface area contributed by atoms with Crippen LogP contribution in [0.25, 0.3) is 0 Å². The molecule has 1 amide bonds. The maximum absolute atomic E-state index is 11.4. The molecule has 0 aliphatic rings. The van der Waals surface area contributed by atoms with Crippen LogP contribution < -0.4 is 5.73 Å². The molecular weight excluding hydrogens is 232 g/mol. The Bertz CT molecular complexity index is 295. The Balaban J connectivity index is 4.76. The lowest BCUT2D eigenvalue weighted by Gasteiger charge is -2.14. The standard InChI is InChI=1S/C6H11ClNO5P/c1-4(5(7)6(8)9)13-14(10,11-2)12-3/h1-3H3,(H2,8,9)/b5-4+. The molecule has 0 atom stereocenters. The van der Waals surface area contributed by atoms with Crippen molar-refractivity contribution >= 4 is 25.3 Å². The van der Waals surface area contributed by atoms with Crippen LogP contribution in [0, 0.1) is 0 Å². The van der Waals surface area contributed by atoms with Gasteiger partial charge in [0.05, 0.1) is 0 Å². The summed E-state index contributed by atoms with van der Waals surface area (Å²) in [6.45, 7) is 1.32. The number of allylic oxidation sites excluding steroid dienone is 1. The first-order valence-electron chi connectivity index (χ1n) is 3.43. The third kappa shape index (κ3) is 3.67. The van der Waals surface area contributed by atoms with E-state index in [0.717, 1.165) is 14.2 Å². The molecule has 0 aromatic heterocycles. The molecule has 0 heterocycles. The Morgan fingerprint density at radius 2 is 1.79 bits per heavy atom. The minimum Gasteiger partial charge on any atom is -0.407 e. The molecule has 0 saturated carbocycles. The zero-order valence-electron chi connectivity index (χ0n) is 7.94. The summed E-state index contributed by atoms with van der Waals surface area (Å²) in [5.41, 5.74) is 4.86. The van der Waals surface area contributed by atoms with Crippen LogP contribution in [0.5, 0.6) is 0 Å². The van der Waals surface area contributed by atoms with Gasteiger partial charge in [-0.2, -0.15) is 0 Å². The van der Waals surface area contributed by atoms with Gasteiger partial charge < -0.3 is 10.3 Å². The van der Waals surface area contributed by atoms with Gasteiger partial charge >= 0.3 is 7.82 Å². The molecule has 6 nitrogen and oxygen atoms in total. The summed E-state index contributed by atoms with van der Waals surface area (Å²) in [7, 11) is -1.41. The number of carbonyl (C=O) groups is 1. The Hall–Kier alpha value is -0.550. The summed E-state index contributed by atoms with van der Waals surface area (Å²) >= 11 is 5.43. The molecular formula is C6H11ClNO5P. The third-order valence-electron chi connectivity index (χ3n) is 1.22. The maximum atomic E-state index is 11.4. The highest BCUT2D eigenvalue weighted by molar-refractivity contribution is 7.48. The van der Waals surface area contributed by atoms with Gasteiger partial charge in [0.15, 0.2) is 0 Å². The zero-order chi connectivity index (χ0) is 11.4. The van der Waals surface area contributed by atoms with Crippen LogP contribution >= 0.6 is 19.4 Å². The number of hydrogen-bond donors (Lipinski definition) is 1. The van der Waals surface area contributed by atoms with E-state index >= 15 is 0 Å². The van der Waals surface area contributed by atoms with E-state index in [4.69, 9.17) is 21.9 Å². The lowest BCUT2D eigenvalue weighted by Crippen LogP contribution is -2.12. The monoisotopic (exact) mass is 243 g/mol. The van der Waals surface area contributed by atoms with Crippen molar-refractivity contribution < 1.29 is 22.9 Å². The Morgan fingerprint density at radius 3 is 2.07 bits per heavy atom. The number of nitrogens with two attached hydrogens (primary N) is 1. The zero-order valence-corrected chi connectivity index (χ0v) is 9.59. The molecule has 0 rings (SSSR count). The molecule has 0 radical (unpaired) electrons. The van der Waals surface area contributed by atoms with E-state index in [1.54, 1.807) is 0 Å². The summed E-state index contributed by atoms with van der Waals surface area (Å²) < 4.78 is 25.0. The molecule has 0 saturated heterocycles. The highest BCUT2D eigenvalue weighted by Gasteiger charge is 2.26. The highest BCUT2D eigenvalue weighted by Crippen LogP contribution is 2.50. The van der Waals surface area contributed by atoms with Gasteiger partial charge in [0.25, 0.3) is 5.91 Å². The van der Waals surface area contributed by atoms with E-state index in [-0.39, 0.29) is 10.8 Å². The quantitative estimate of drug-likeness (QED) is 0.447. The number of phosphoric ester groups is 1. The molecule has 0 fully saturated rings. The van der Waals surface area contributed by atoms with Crippen molar-refractivity contribution in [1.82, 2.24) is 0 Å². The van der Waals surface area contributed by atoms with Crippen LogP contribution in [0.4, 0.5) is 0 Å². The molecule has 0 unspecified atom stereocenters. The molecule has 0 bridgehead atoms. The van der Waals surface area contributed by atoms with Crippen molar-refractivity contribution in [1.29, 1.82) is 0 Å². The Kier molecular flexibility index (Phi) is 5.15. The highest BCUT2D eigenvalue weighted by atomic mass is 35.5. The van der Waals surface area contributed by atoms with Gasteiger partial charge in [-0.15, -0.1) is 0 Å². The average Bonchev–Trinajstić information content (AvgIpc) is 2.16. The van der Waals surface area contributed by atoms with Crippen LogP contribution in [-0.2, 0) is 22.9 Å². The van der Waals surface area contributed by atoms with Crippen LogP contribution in [0.1, 0.15) is 6.92 Å². The van der Waals surface area contributed by atoms with Crippen molar-refractivity contribution in [2.45, 2.75) is 6.92 Å². The van der Waals surface area contributed by atoms with Gasteiger partial charge in [0.2, 0.25) is 0 Å². The minimum absolute atomic E-state index is 0.119. The fraction of sp³-hybridized carbons (Fsp3) is 0.500. The number of carbonyl (C=O) groups excluding carboxylic acids is 1. The summed E-state index contributed by atoms with van der Waals surface area (Å²) in [6.07, 6.45) is 0. The van der Waals surface area contributed by atoms with E-state index in [0.29, 0.717) is 0 Å². The van der Waals surface area contributed by atoms with Crippen molar-refractivity contribution in [3.63, 3.8) is 0 Å². The van der Waals surface area contributed by atoms with E-state index in [9.17, 15) is 9.36 Å². The molecule has 0 aromatic rings. The summed E-state index contributed by atoms with van der Waals surface area (Å²) in [6, 6.07) is 0. The first-order valence-corrected chi connectivity index (χ1v) is 5.27. The molecule has 0 spiro atoms. The molecule has 0 aliphatic carbocycles. The molecule has 82 valence electrons. The number of primary amides is 1. The number of amides is 1. The fourth-order valence-electron chi connectivity index (χ4n) is 0.530. The fourth-order valence-corrected chi connectivity index (χ4v) is 1.35. The van der Waals surface area contributed by atoms with Gasteiger partial charge in [-0.05, 0) is 6.92 Å². The van der Waals surface area contributed by atoms with Gasteiger partial charge in [0.1, 0.15) is 10.8 Å². The number of halogens is 1. The second-order valence-electron chi connectivity index (χ2n) is 2.14. The smallest absolute Gasteiger partial charge is 0.407 e. The average molecular weight is 244 g/mol. The van der Waals surface area contributed by atoms with Crippen molar-refractivity contribution in [3.05, 3.63) is 10.8 Å². The van der Waals surface area contributed by atoms with Crippen molar-refractivity contribution in [3.8, 4) is 0 Å². The predicted molar refractivity (Wildman–Crippen MR) is 50.5 cm³/mol. The van der Waals surface area contributed by atoms with Crippen LogP contribution in [0.3, 0.4) is 0 Å². The maximum Gasteiger partial charge on any atom is 0.529 e. The Labute approximate surface area is 86.6 Å². The largest absolute Gasteiger partial charge is 0.529 e. The lowest BCUT2D eigenvalue weighted by molar-refractivity contribution is -0.114. The number of hydrogen-bond acceptors (Lipinski definition) is 5. The van der Waals surface area contributed by atoms with E-state index in [1.165, 1.54) is 6.92 Å². The summed E-state index contributed by atoms with van der Waals surface area (Å²) in [5.74, 6) is -1.01. The van der Waals surface area contributed by atoms with Gasteiger partial charge in [0, 0.05) is 14.2 Å². The van der Waals surface area contributed by atoms with Gasteiger partial charge in [-0.25, -0.2) is 4.57 Å². The first kappa shape index (κ1) is 13.4. The summed E-state index contributed by atoms with van der Waals surface area (Å²) in [5, 5.41) is -0.362. The second-order valence-corrected chi connectivity index (χ2v) is 4.32. The molecule has 0 aromatic carbocycles. The molecule has 8 heteroatoms. The third-order valence-corrected chi connectivity index (χ3v) is 3.07. The molecule has 0 aliphatic heterocycles. The predicted octanol–water partition coefficient (Wildman–Crippen LogP) is 1.36. The second kappa shape index (κ2) is 5.36. The molecule has 2 N–H and O–H groups in total. The Morgan fingerprint density at radius 1 is 1.36 bits per heavy atom. The number of phosphoric acid groups is 1. The van der Waals surface area contributed by atoms with Crippen molar-refractivity contribution in [2.75, 3.05) is 14.2 Å². The normalized spacial score (nSPS) is 13.4. The van der Waals surface area contributed by atoms with Crippen LogP contribution in [-0.4, -0.2) is 20.1 Å². The van der Waals surface area contributed by atoms with Gasteiger partial charge in [-0.1, -0.05) is 11.6 Å². The lowest BCUT2D eigenvalue weighted by atomic mass is 10.5. The SMILES string of the molecule is COP(=O)(OC)O/C(C)=C(/Cl)C(N)=O. The minimum atomic E-state index is -3.68. The topological polar surface area (TPSA) is 87.8 Å². The van der Waals surface area contributed by atoms with E-state index in [1.807, 2.05) is 0 Å². The van der Waals surface area contributed by atoms with E-state index < -0.39 is 13.7 Å². The van der Waals surface area contributed by atoms with Crippen LogP contribution in [0.2, 0.25) is 0 Å².